The first-order valence-corrected chi connectivity index (χ1v) is 11.6. The van der Waals surface area contributed by atoms with E-state index in [1.807, 2.05) is 23.1 Å². The van der Waals surface area contributed by atoms with E-state index in [1.54, 1.807) is 29.2 Å². The summed E-state index contributed by atoms with van der Waals surface area (Å²) in [6.07, 6.45) is 4.01. The molecule has 7 nitrogen and oxygen atoms in total. The summed E-state index contributed by atoms with van der Waals surface area (Å²) in [5.41, 5.74) is 3.86. The summed E-state index contributed by atoms with van der Waals surface area (Å²) in [5, 5.41) is 2.84. The van der Waals surface area contributed by atoms with Crippen molar-refractivity contribution in [3.05, 3.63) is 53.6 Å². The maximum atomic E-state index is 12.8. The van der Waals surface area contributed by atoms with Gasteiger partial charge in [0.2, 0.25) is 17.7 Å². The maximum Gasteiger partial charge on any atom is 0.230 e. The Bertz CT molecular complexity index is 1150. The van der Waals surface area contributed by atoms with Gasteiger partial charge in [0.05, 0.1) is 5.92 Å². The number of nitrogens with zero attached hydrogens (tertiary/aromatic N) is 2. The van der Waals surface area contributed by atoms with Crippen LogP contribution in [-0.4, -0.2) is 36.6 Å². The second-order valence-electron chi connectivity index (χ2n) is 9.21. The predicted octanol–water partition coefficient (Wildman–Crippen LogP) is 3.57. The van der Waals surface area contributed by atoms with Gasteiger partial charge in [-0.2, -0.15) is 0 Å². The van der Waals surface area contributed by atoms with Crippen LogP contribution in [0.3, 0.4) is 0 Å². The fourth-order valence-corrected chi connectivity index (χ4v) is 4.85. The summed E-state index contributed by atoms with van der Waals surface area (Å²) in [6, 6.07) is 12.6. The number of carbonyl (C=O) groups is 4. The number of nitrogens with one attached hydrogen (secondary N) is 1. The molecule has 1 atom stereocenters. The van der Waals surface area contributed by atoms with Crippen LogP contribution in [0.5, 0.6) is 0 Å². The second kappa shape index (κ2) is 8.46. The molecule has 5 rings (SSSR count). The van der Waals surface area contributed by atoms with Crippen LogP contribution in [0.4, 0.5) is 17.1 Å². The third-order valence-corrected chi connectivity index (χ3v) is 7.02. The van der Waals surface area contributed by atoms with Gasteiger partial charge in [0.25, 0.3) is 0 Å². The lowest BCUT2D eigenvalue weighted by molar-refractivity contribution is -0.124. The maximum absolute atomic E-state index is 12.8. The summed E-state index contributed by atoms with van der Waals surface area (Å²) in [5.74, 6) is -0.485. The number of carbonyl (C=O) groups excluding carboxylic acids is 4. The zero-order valence-corrected chi connectivity index (χ0v) is 18.7. The van der Waals surface area contributed by atoms with Gasteiger partial charge in [0, 0.05) is 48.1 Å². The normalized spacial score (nSPS) is 19.9. The minimum Gasteiger partial charge on any atom is -0.326 e. The average molecular weight is 446 g/mol. The number of ketones is 1. The molecule has 2 heterocycles. The first-order chi connectivity index (χ1) is 15.9. The smallest absolute Gasteiger partial charge is 0.230 e. The molecule has 1 saturated heterocycles. The van der Waals surface area contributed by atoms with E-state index in [-0.39, 0.29) is 35.8 Å². The molecule has 170 valence electrons. The molecule has 1 aliphatic carbocycles. The van der Waals surface area contributed by atoms with Crippen LogP contribution in [-0.2, 0) is 20.8 Å². The Kier molecular flexibility index (Phi) is 5.48. The molecule has 2 aliphatic heterocycles. The fourth-order valence-electron chi connectivity index (χ4n) is 4.85. The van der Waals surface area contributed by atoms with Gasteiger partial charge in [0.15, 0.2) is 5.78 Å². The van der Waals surface area contributed by atoms with Crippen molar-refractivity contribution in [3.63, 3.8) is 0 Å². The van der Waals surface area contributed by atoms with Crippen LogP contribution >= 0.6 is 0 Å². The lowest BCUT2D eigenvalue weighted by Gasteiger charge is -2.29. The third kappa shape index (κ3) is 4.03. The zero-order valence-electron chi connectivity index (χ0n) is 18.7. The first kappa shape index (κ1) is 21.4. The fraction of sp³-hybridized carbons (Fsp3) is 0.385. The minimum atomic E-state index is -0.469. The number of Topliss-reactive ketones (excluding diaryl/α,β-unsaturated/α-hetero) is 1. The Morgan fingerprint density at radius 2 is 1.85 bits per heavy atom. The van der Waals surface area contributed by atoms with Crippen molar-refractivity contribution in [3.8, 4) is 0 Å². The number of anilines is 3. The van der Waals surface area contributed by atoms with Crippen LogP contribution in [0, 0.1) is 11.8 Å². The van der Waals surface area contributed by atoms with Crippen molar-refractivity contribution in [1.29, 1.82) is 0 Å². The molecule has 1 N–H and O–H groups in total. The quantitative estimate of drug-likeness (QED) is 0.713. The molecule has 2 aromatic rings. The predicted molar refractivity (Wildman–Crippen MR) is 125 cm³/mol. The molecule has 0 unspecified atom stereocenters. The Balaban J connectivity index is 1.27. The van der Waals surface area contributed by atoms with Crippen LogP contribution < -0.4 is 15.1 Å². The van der Waals surface area contributed by atoms with E-state index in [0.717, 1.165) is 42.6 Å². The number of hydrogen-bond donors (Lipinski definition) is 1. The van der Waals surface area contributed by atoms with Crippen LogP contribution in [0.25, 0.3) is 0 Å². The van der Waals surface area contributed by atoms with Gasteiger partial charge in [-0.25, -0.2) is 0 Å². The summed E-state index contributed by atoms with van der Waals surface area (Å²) in [7, 11) is 0. The summed E-state index contributed by atoms with van der Waals surface area (Å²) < 4.78 is 0. The largest absolute Gasteiger partial charge is 0.326 e. The monoisotopic (exact) mass is 445 g/mol. The van der Waals surface area contributed by atoms with Crippen LogP contribution in [0.2, 0.25) is 0 Å². The van der Waals surface area contributed by atoms with E-state index in [4.69, 9.17) is 0 Å². The molecule has 0 bridgehead atoms. The van der Waals surface area contributed by atoms with Crippen molar-refractivity contribution in [2.24, 2.45) is 11.8 Å². The molecule has 2 aromatic carbocycles. The van der Waals surface area contributed by atoms with Crippen molar-refractivity contribution >= 4 is 40.6 Å². The molecule has 0 radical (unpaired) electrons. The molecule has 33 heavy (non-hydrogen) atoms. The molecular formula is C26H27N3O4. The summed E-state index contributed by atoms with van der Waals surface area (Å²) >= 11 is 0. The number of amides is 3. The van der Waals surface area contributed by atoms with Gasteiger partial charge in [-0.3, -0.25) is 19.2 Å². The first-order valence-electron chi connectivity index (χ1n) is 11.6. The zero-order chi connectivity index (χ0) is 23.1. The lowest BCUT2D eigenvalue weighted by atomic mass is 9.84. The highest BCUT2D eigenvalue weighted by Crippen LogP contribution is 2.37. The second-order valence-corrected chi connectivity index (χ2v) is 9.21. The van der Waals surface area contributed by atoms with Crippen molar-refractivity contribution in [1.82, 2.24) is 0 Å². The van der Waals surface area contributed by atoms with E-state index in [1.165, 1.54) is 6.92 Å². The van der Waals surface area contributed by atoms with E-state index >= 15 is 0 Å². The van der Waals surface area contributed by atoms with Crippen LogP contribution in [0.1, 0.15) is 48.5 Å². The van der Waals surface area contributed by atoms with Crippen LogP contribution in [0.15, 0.2) is 42.5 Å². The van der Waals surface area contributed by atoms with Gasteiger partial charge in [-0.15, -0.1) is 0 Å². The Hall–Kier alpha value is -3.48. The van der Waals surface area contributed by atoms with Gasteiger partial charge in [0.1, 0.15) is 0 Å². The third-order valence-electron chi connectivity index (χ3n) is 7.02. The highest BCUT2D eigenvalue weighted by atomic mass is 16.2. The number of fused-ring (bicyclic) bond motifs is 1. The average Bonchev–Trinajstić information content (AvgIpc) is 3.35. The highest BCUT2D eigenvalue weighted by molar-refractivity contribution is 6.04. The van der Waals surface area contributed by atoms with Crippen molar-refractivity contribution in [2.75, 3.05) is 28.2 Å². The van der Waals surface area contributed by atoms with Crippen molar-refractivity contribution in [2.45, 2.75) is 39.0 Å². The van der Waals surface area contributed by atoms with Gasteiger partial charge < -0.3 is 15.1 Å². The Morgan fingerprint density at radius 1 is 1.03 bits per heavy atom. The number of rotatable bonds is 5. The van der Waals surface area contributed by atoms with E-state index in [2.05, 4.69) is 5.32 Å². The van der Waals surface area contributed by atoms with E-state index in [0.29, 0.717) is 24.3 Å². The number of benzene rings is 2. The van der Waals surface area contributed by atoms with Gasteiger partial charge in [-0.05, 0) is 62.1 Å². The highest BCUT2D eigenvalue weighted by Gasteiger charge is 2.37. The molecule has 0 spiro atoms. The Morgan fingerprint density at radius 3 is 2.58 bits per heavy atom. The van der Waals surface area contributed by atoms with E-state index in [9.17, 15) is 19.2 Å². The SMILES string of the molecule is CC(=O)c1cccc(NC(=O)[C@H]2CC(=O)N(c3ccc4c(c3)CCN4C(=O)C3CCC3)C2)c1. The lowest BCUT2D eigenvalue weighted by Crippen LogP contribution is -2.37. The minimum absolute atomic E-state index is 0.0714. The molecule has 3 aliphatic rings. The summed E-state index contributed by atoms with van der Waals surface area (Å²) in [4.78, 5) is 53.4. The van der Waals surface area contributed by atoms with Gasteiger partial charge >= 0.3 is 0 Å². The molecule has 2 fully saturated rings. The Labute approximate surface area is 192 Å². The van der Waals surface area contributed by atoms with E-state index < -0.39 is 5.92 Å². The molecule has 1 saturated carbocycles. The molecule has 0 aromatic heterocycles. The molecule has 3 amide bonds. The number of hydrogen-bond acceptors (Lipinski definition) is 4. The molecule has 7 heteroatoms. The topological polar surface area (TPSA) is 86.8 Å². The summed E-state index contributed by atoms with van der Waals surface area (Å²) in [6.45, 7) is 2.47. The standard InChI is InChI=1S/C26H27N3O4/c1-16(30)18-6-3-7-21(12-18)27-25(32)20-14-24(31)29(15-20)22-8-9-23-19(13-22)10-11-28(23)26(33)17-4-2-5-17/h3,6-9,12-13,17,20H,2,4-5,10-11,14-15H2,1H3,(H,27,32)/t20-/m0/s1. The van der Waals surface area contributed by atoms with Gasteiger partial charge in [-0.1, -0.05) is 18.6 Å². The van der Waals surface area contributed by atoms with Crippen molar-refractivity contribution < 1.29 is 19.2 Å². The molecular weight excluding hydrogens is 418 g/mol.